The van der Waals surface area contributed by atoms with Gasteiger partial charge in [0.2, 0.25) is 0 Å². The van der Waals surface area contributed by atoms with Crippen molar-refractivity contribution in [2.45, 2.75) is 5.88 Å². The fourth-order valence-electron chi connectivity index (χ4n) is 1.57. The van der Waals surface area contributed by atoms with E-state index >= 15 is 0 Å². The molecule has 5 heteroatoms. The lowest BCUT2D eigenvalue weighted by molar-refractivity contribution is 0.617. The van der Waals surface area contributed by atoms with Gasteiger partial charge in [-0.25, -0.2) is 4.39 Å². The summed E-state index contributed by atoms with van der Waals surface area (Å²) >= 11 is 23.4. The number of rotatable bonds is 2. The van der Waals surface area contributed by atoms with E-state index < -0.39 is 0 Å². The van der Waals surface area contributed by atoms with Gasteiger partial charge in [-0.2, -0.15) is 0 Å². The number of halogens is 5. The second-order valence-corrected chi connectivity index (χ2v) is 5.17. The molecule has 0 saturated carbocycles. The maximum Gasteiger partial charge on any atom is 0.128 e. The largest absolute Gasteiger partial charge is 0.207 e. The van der Waals surface area contributed by atoms with Gasteiger partial charge in [-0.15, -0.1) is 11.6 Å². The molecule has 0 heterocycles. The average molecular weight is 324 g/mol. The minimum atomic E-state index is -0.371. The van der Waals surface area contributed by atoms with Gasteiger partial charge in [-0.1, -0.05) is 46.9 Å². The Morgan fingerprint density at radius 2 is 1.56 bits per heavy atom. The molecule has 0 nitrogen and oxygen atoms in total. The van der Waals surface area contributed by atoms with Crippen LogP contribution in [0.5, 0.6) is 0 Å². The predicted molar refractivity (Wildman–Crippen MR) is 76.4 cm³/mol. The second-order valence-electron chi connectivity index (χ2n) is 3.69. The Bertz CT molecular complexity index is 596. The smallest absolute Gasteiger partial charge is 0.128 e. The van der Waals surface area contributed by atoms with Crippen molar-refractivity contribution in [3.63, 3.8) is 0 Å². The van der Waals surface area contributed by atoms with Crippen LogP contribution in [0.1, 0.15) is 5.56 Å². The highest BCUT2D eigenvalue weighted by Crippen LogP contribution is 2.35. The van der Waals surface area contributed by atoms with Crippen molar-refractivity contribution in [2.75, 3.05) is 0 Å². The van der Waals surface area contributed by atoms with Crippen molar-refractivity contribution in [1.82, 2.24) is 0 Å². The van der Waals surface area contributed by atoms with Crippen molar-refractivity contribution in [1.29, 1.82) is 0 Å². The SMILES string of the molecule is Fc1cc(-c2cc(Cl)c(Cl)cc2Cl)ccc1CCl. The Morgan fingerprint density at radius 1 is 0.889 bits per heavy atom. The first kappa shape index (κ1) is 14.0. The summed E-state index contributed by atoms with van der Waals surface area (Å²) in [6.07, 6.45) is 0. The van der Waals surface area contributed by atoms with Crippen molar-refractivity contribution in [2.24, 2.45) is 0 Å². The lowest BCUT2D eigenvalue weighted by Crippen LogP contribution is -1.88. The van der Waals surface area contributed by atoms with Crippen LogP contribution in [0, 0.1) is 5.82 Å². The van der Waals surface area contributed by atoms with Gasteiger partial charge in [0.05, 0.1) is 15.9 Å². The van der Waals surface area contributed by atoms with E-state index in [1.807, 2.05) is 0 Å². The summed E-state index contributed by atoms with van der Waals surface area (Å²) in [7, 11) is 0. The molecule has 0 saturated heterocycles. The number of hydrogen-bond donors (Lipinski definition) is 0. The summed E-state index contributed by atoms with van der Waals surface area (Å²) in [6, 6.07) is 7.89. The standard InChI is InChI=1S/C13H7Cl4F/c14-6-8-2-1-7(3-13(8)18)9-4-11(16)12(17)5-10(9)15/h1-5H,6H2. The van der Waals surface area contributed by atoms with Gasteiger partial charge >= 0.3 is 0 Å². The van der Waals surface area contributed by atoms with E-state index in [-0.39, 0.29) is 11.7 Å². The van der Waals surface area contributed by atoms with Crippen LogP contribution >= 0.6 is 46.4 Å². The fourth-order valence-corrected chi connectivity index (χ4v) is 2.44. The molecular formula is C13H7Cl4F. The van der Waals surface area contributed by atoms with E-state index in [1.54, 1.807) is 18.2 Å². The van der Waals surface area contributed by atoms with E-state index in [0.717, 1.165) is 0 Å². The van der Waals surface area contributed by atoms with E-state index in [4.69, 9.17) is 46.4 Å². The minimum absolute atomic E-state index is 0.126. The van der Waals surface area contributed by atoms with Gasteiger partial charge in [0, 0.05) is 16.1 Å². The molecule has 2 rings (SSSR count). The van der Waals surface area contributed by atoms with Gasteiger partial charge in [0.1, 0.15) is 5.82 Å². The minimum Gasteiger partial charge on any atom is -0.207 e. The molecule has 0 aromatic heterocycles. The average Bonchev–Trinajstić information content (AvgIpc) is 2.33. The summed E-state index contributed by atoms with van der Waals surface area (Å²) in [4.78, 5) is 0. The van der Waals surface area contributed by atoms with Crippen molar-refractivity contribution < 1.29 is 4.39 Å². The van der Waals surface area contributed by atoms with Gasteiger partial charge in [-0.05, 0) is 23.8 Å². The molecular weight excluding hydrogens is 317 g/mol. The lowest BCUT2D eigenvalue weighted by Gasteiger charge is -2.08. The molecule has 2 aromatic rings. The molecule has 0 amide bonds. The molecule has 18 heavy (non-hydrogen) atoms. The van der Waals surface area contributed by atoms with E-state index in [2.05, 4.69) is 0 Å². The van der Waals surface area contributed by atoms with Crippen LogP contribution in [0.3, 0.4) is 0 Å². The summed E-state index contributed by atoms with van der Waals surface area (Å²) in [6.45, 7) is 0. The third kappa shape index (κ3) is 2.75. The second kappa shape index (κ2) is 5.66. The molecule has 2 aromatic carbocycles. The highest BCUT2D eigenvalue weighted by Gasteiger charge is 2.10. The van der Waals surface area contributed by atoms with Crippen molar-refractivity contribution in [3.8, 4) is 11.1 Å². The molecule has 0 aliphatic carbocycles. The maximum absolute atomic E-state index is 13.7. The molecule has 0 atom stereocenters. The van der Waals surface area contributed by atoms with Crippen LogP contribution in [0.2, 0.25) is 15.1 Å². The molecule has 0 bridgehead atoms. The van der Waals surface area contributed by atoms with Gasteiger partial charge in [0.25, 0.3) is 0 Å². The van der Waals surface area contributed by atoms with Crippen LogP contribution in [0.25, 0.3) is 11.1 Å². The van der Waals surface area contributed by atoms with Crippen molar-refractivity contribution >= 4 is 46.4 Å². The third-order valence-corrected chi connectivity index (χ3v) is 3.84. The number of alkyl halides is 1. The summed E-state index contributed by atoms with van der Waals surface area (Å²) < 4.78 is 13.7. The van der Waals surface area contributed by atoms with Crippen LogP contribution < -0.4 is 0 Å². The van der Waals surface area contributed by atoms with Crippen LogP contribution in [-0.4, -0.2) is 0 Å². The molecule has 0 spiro atoms. The molecule has 0 N–H and O–H groups in total. The number of hydrogen-bond acceptors (Lipinski definition) is 0. The first-order valence-corrected chi connectivity index (χ1v) is 6.69. The zero-order chi connectivity index (χ0) is 13.3. The van der Waals surface area contributed by atoms with Gasteiger partial charge in [0.15, 0.2) is 0 Å². The number of benzene rings is 2. The highest BCUT2D eigenvalue weighted by molar-refractivity contribution is 6.44. The Labute approximate surface area is 124 Å². The molecule has 0 unspecified atom stereocenters. The summed E-state index contributed by atoms with van der Waals surface area (Å²) in [5.41, 5.74) is 1.70. The van der Waals surface area contributed by atoms with Gasteiger partial charge < -0.3 is 0 Å². The highest BCUT2D eigenvalue weighted by atomic mass is 35.5. The Hall–Kier alpha value is -0.470. The normalized spacial score (nSPS) is 10.7. The van der Waals surface area contributed by atoms with E-state index in [0.29, 0.717) is 31.8 Å². The first-order valence-electron chi connectivity index (χ1n) is 5.02. The predicted octanol–water partition coefficient (Wildman–Crippen LogP) is 6.19. The zero-order valence-corrected chi connectivity index (χ0v) is 12.0. The van der Waals surface area contributed by atoms with Crippen LogP contribution in [0.4, 0.5) is 4.39 Å². The molecule has 0 aliphatic rings. The van der Waals surface area contributed by atoms with E-state index in [1.165, 1.54) is 12.1 Å². The topological polar surface area (TPSA) is 0 Å². The molecule has 0 aliphatic heterocycles. The van der Waals surface area contributed by atoms with Gasteiger partial charge in [-0.3, -0.25) is 0 Å². The molecule has 0 radical (unpaired) electrons. The maximum atomic E-state index is 13.7. The summed E-state index contributed by atoms with van der Waals surface area (Å²) in [5.74, 6) is -0.244. The Morgan fingerprint density at radius 3 is 2.17 bits per heavy atom. The summed E-state index contributed by atoms with van der Waals surface area (Å²) in [5, 5.41) is 1.16. The molecule has 94 valence electrons. The molecule has 0 fully saturated rings. The van der Waals surface area contributed by atoms with Crippen LogP contribution in [0.15, 0.2) is 30.3 Å². The Balaban J connectivity index is 2.55. The van der Waals surface area contributed by atoms with Crippen LogP contribution in [-0.2, 0) is 5.88 Å². The third-order valence-electron chi connectivity index (χ3n) is 2.52. The monoisotopic (exact) mass is 322 g/mol. The van der Waals surface area contributed by atoms with E-state index in [9.17, 15) is 4.39 Å². The van der Waals surface area contributed by atoms with Crippen molar-refractivity contribution in [3.05, 3.63) is 56.8 Å². The lowest BCUT2D eigenvalue weighted by atomic mass is 10.0. The fraction of sp³-hybridized carbons (Fsp3) is 0.0769. The zero-order valence-electron chi connectivity index (χ0n) is 8.98. The Kier molecular flexibility index (Phi) is 4.39. The first-order chi connectivity index (χ1) is 8.52. The quantitative estimate of drug-likeness (QED) is 0.456.